The number of primary amides is 1. The van der Waals surface area contributed by atoms with Crippen LogP contribution in [-0.2, 0) is 11.3 Å². The zero-order valence-corrected chi connectivity index (χ0v) is 18.5. The molecule has 9 heteroatoms. The lowest BCUT2D eigenvalue weighted by atomic mass is 10.1. The Morgan fingerprint density at radius 1 is 1.14 bits per heavy atom. The van der Waals surface area contributed by atoms with Crippen molar-refractivity contribution in [1.29, 1.82) is 0 Å². The van der Waals surface area contributed by atoms with Crippen molar-refractivity contribution >= 4 is 29.4 Å². The zero-order valence-electron chi connectivity index (χ0n) is 17.7. The minimum Gasteiger partial charge on any atom is -0.372 e. The van der Waals surface area contributed by atoms with Crippen molar-refractivity contribution in [1.82, 2.24) is 20.1 Å². The minimum absolute atomic E-state index is 0.0156. The Morgan fingerprint density at radius 2 is 1.76 bits per heavy atom. The lowest BCUT2D eigenvalue weighted by Crippen LogP contribution is -2.42. The standard InChI is InChI=1S/C20H30N6O2S/c1-6-25(7-2)15-11-9-14(10-12-15)17-23-24-20(26(17)8-3)29-16(13(4)5)18(27)22-19(21)28/h9-13,16H,6-8H2,1-5H3,(H3,21,22,27,28). The van der Waals surface area contributed by atoms with Crippen molar-refractivity contribution in [3.63, 3.8) is 0 Å². The number of carbonyl (C=O) groups is 2. The molecule has 29 heavy (non-hydrogen) atoms. The summed E-state index contributed by atoms with van der Waals surface area (Å²) in [6.45, 7) is 12.7. The molecule has 0 radical (unpaired) electrons. The van der Waals surface area contributed by atoms with Gasteiger partial charge in [-0.25, -0.2) is 4.79 Å². The van der Waals surface area contributed by atoms with Gasteiger partial charge in [-0.1, -0.05) is 25.6 Å². The number of imide groups is 1. The molecule has 1 aromatic heterocycles. The van der Waals surface area contributed by atoms with Gasteiger partial charge in [0.2, 0.25) is 5.91 Å². The van der Waals surface area contributed by atoms with Gasteiger partial charge in [-0.15, -0.1) is 10.2 Å². The number of benzene rings is 1. The van der Waals surface area contributed by atoms with Gasteiger partial charge in [0.1, 0.15) is 0 Å². The minimum atomic E-state index is -0.854. The van der Waals surface area contributed by atoms with E-state index in [0.29, 0.717) is 11.7 Å². The number of nitrogens with zero attached hydrogens (tertiary/aromatic N) is 4. The van der Waals surface area contributed by atoms with Crippen molar-refractivity contribution < 1.29 is 9.59 Å². The van der Waals surface area contributed by atoms with Gasteiger partial charge < -0.3 is 15.2 Å². The Kier molecular flexibility index (Phi) is 8.07. The summed E-state index contributed by atoms with van der Waals surface area (Å²) in [6, 6.07) is 7.39. The summed E-state index contributed by atoms with van der Waals surface area (Å²) in [7, 11) is 0. The van der Waals surface area contributed by atoms with Gasteiger partial charge in [-0.3, -0.25) is 10.1 Å². The summed E-state index contributed by atoms with van der Waals surface area (Å²) in [5.74, 6) is 0.311. The summed E-state index contributed by atoms with van der Waals surface area (Å²) in [5, 5.41) is 11.0. The lowest BCUT2D eigenvalue weighted by molar-refractivity contribution is -0.120. The Balaban J connectivity index is 2.29. The molecule has 0 bridgehead atoms. The van der Waals surface area contributed by atoms with E-state index in [1.807, 2.05) is 37.5 Å². The molecule has 0 fully saturated rings. The lowest BCUT2D eigenvalue weighted by Gasteiger charge is -2.21. The molecule has 1 atom stereocenters. The maximum Gasteiger partial charge on any atom is 0.318 e. The van der Waals surface area contributed by atoms with Crippen LogP contribution in [0.4, 0.5) is 10.5 Å². The highest BCUT2D eigenvalue weighted by Gasteiger charge is 2.27. The van der Waals surface area contributed by atoms with Crippen LogP contribution in [0, 0.1) is 5.92 Å². The van der Waals surface area contributed by atoms with Gasteiger partial charge in [0, 0.05) is 30.9 Å². The fourth-order valence-corrected chi connectivity index (χ4v) is 4.18. The first-order valence-electron chi connectivity index (χ1n) is 9.87. The summed E-state index contributed by atoms with van der Waals surface area (Å²) >= 11 is 1.29. The number of nitrogens with two attached hydrogens (primary N) is 1. The molecule has 0 aliphatic rings. The van der Waals surface area contributed by atoms with Crippen LogP contribution >= 0.6 is 11.8 Å². The van der Waals surface area contributed by atoms with Crippen molar-refractivity contribution in [2.24, 2.45) is 11.7 Å². The van der Waals surface area contributed by atoms with Crippen LogP contribution in [0.15, 0.2) is 29.4 Å². The zero-order chi connectivity index (χ0) is 21.6. The third kappa shape index (κ3) is 5.50. The first-order chi connectivity index (χ1) is 13.8. The molecule has 2 aromatic rings. The maximum atomic E-state index is 12.3. The van der Waals surface area contributed by atoms with Crippen molar-refractivity contribution in [3.05, 3.63) is 24.3 Å². The predicted molar refractivity (Wildman–Crippen MR) is 117 cm³/mol. The number of urea groups is 1. The largest absolute Gasteiger partial charge is 0.372 e. The van der Waals surface area contributed by atoms with E-state index in [2.05, 4.69) is 46.4 Å². The second kappa shape index (κ2) is 10.3. The molecule has 1 unspecified atom stereocenters. The second-order valence-corrected chi connectivity index (χ2v) is 8.01. The third-order valence-corrected chi connectivity index (χ3v) is 6.16. The Morgan fingerprint density at radius 3 is 2.24 bits per heavy atom. The summed E-state index contributed by atoms with van der Waals surface area (Å²) in [5.41, 5.74) is 7.23. The Hall–Kier alpha value is -2.55. The van der Waals surface area contributed by atoms with E-state index in [1.54, 1.807) is 0 Å². The molecule has 0 spiro atoms. The van der Waals surface area contributed by atoms with E-state index >= 15 is 0 Å². The molecule has 2 rings (SSSR count). The number of nitrogens with one attached hydrogen (secondary N) is 1. The number of hydrogen-bond donors (Lipinski definition) is 2. The molecule has 1 aromatic carbocycles. The van der Waals surface area contributed by atoms with Gasteiger partial charge in [0.05, 0.1) is 5.25 Å². The SMILES string of the molecule is CCN(CC)c1ccc(-c2nnc(SC(C(=O)NC(N)=O)C(C)C)n2CC)cc1. The number of rotatable bonds is 9. The molecular formula is C20H30N6O2S. The highest BCUT2D eigenvalue weighted by Crippen LogP contribution is 2.31. The monoisotopic (exact) mass is 418 g/mol. The third-order valence-electron chi connectivity index (χ3n) is 4.63. The van der Waals surface area contributed by atoms with Crippen LogP contribution < -0.4 is 16.0 Å². The summed E-state index contributed by atoms with van der Waals surface area (Å²) in [6.07, 6.45) is 0. The molecule has 0 saturated heterocycles. The average Bonchev–Trinajstić information content (AvgIpc) is 3.09. The summed E-state index contributed by atoms with van der Waals surface area (Å²) < 4.78 is 1.98. The molecule has 0 aliphatic carbocycles. The van der Waals surface area contributed by atoms with Gasteiger partial charge in [-0.05, 0) is 51.0 Å². The molecule has 3 N–H and O–H groups in total. The van der Waals surface area contributed by atoms with E-state index < -0.39 is 17.2 Å². The predicted octanol–water partition coefficient (Wildman–Crippen LogP) is 3.12. The van der Waals surface area contributed by atoms with E-state index in [1.165, 1.54) is 17.4 Å². The molecule has 3 amide bonds. The number of thioether (sulfide) groups is 1. The van der Waals surface area contributed by atoms with Gasteiger partial charge in [0.25, 0.3) is 0 Å². The smallest absolute Gasteiger partial charge is 0.318 e. The topological polar surface area (TPSA) is 106 Å². The van der Waals surface area contributed by atoms with Crippen molar-refractivity contribution in [2.75, 3.05) is 18.0 Å². The summed E-state index contributed by atoms with van der Waals surface area (Å²) in [4.78, 5) is 25.7. The van der Waals surface area contributed by atoms with Gasteiger partial charge >= 0.3 is 6.03 Å². The van der Waals surface area contributed by atoms with Crippen molar-refractivity contribution in [3.8, 4) is 11.4 Å². The van der Waals surface area contributed by atoms with Crippen LogP contribution in [0.3, 0.4) is 0 Å². The Bertz CT molecular complexity index is 830. The molecule has 8 nitrogen and oxygen atoms in total. The first kappa shape index (κ1) is 22.7. The van der Waals surface area contributed by atoms with Crippen LogP contribution in [0.2, 0.25) is 0 Å². The van der Waals surface area contributed by atoms with Gasteiger partial charge in [0.15, 0.2) is 11.0 Å². The van der Waals surface area contributed by atoms with E-state index in [4.69, 9.17) is 5.73 Å². The van der Waals surface area contributed by atoms with E-state index in [0.717, 1.165) is 24.5 Å². The molecule has 0 saturated carbocycles. The molecule has 1 heterocycles. The number of carbonyl (C=O) groups excluding carboxylic acids is 2. The van der Waals surface area contributed by atoms with Crippen LogP contribution in [-0.4, -0.2) is 45.0 Å². The number of anilines is 1. The fraction of sp³-hybridized carbons (Fsp3) is 0.500. The van der Waals surface area contributed by atoms with Gasteiger partial charge in [-0.2, -0.15) is 0 Å². The van der Waals surface area contributed by atoms with Crippen molar-refractivity contribution in [2.45, 2.75) is 51.6 Å². The van der Waals surface area contributed by atoms with Crippen LogP contribution in [0.5, 0.6) is 0 Å². The normalized spacial score (nSPS) is 12.1. The average molecular weight is 419 g/mol. The highest BCUT2D eigenvalue weighted by atomic mass is 32.2. The van der Waals surface area contributed by atoms with E-state index in [-0.39, 0.29) is 5.92 Å². The first-order valence-corrected chi connectivity index (χ1v) is 10.8. The molecule has 0 aliphatic heterocycles. The van der Waals surface area contributed by atoms with E-state index in [9.17, 15) is 9.59 Å². The van der Waals surface area contributed by atoms with Crippen LogP contribution in [0.25, 0.3) is 11.4 Å². The molecule has 158 valence electrons. The van der Waals surface area contributed by atoms with Crippen LogP contribution in [0.1, 0.15) is 34.6 Å². The quantitative estimate of drug-likeness (QED) is 0.606. The number of aromatic nitrogens is 3. The Labute approximate surface area is 176 Å². The maximum absolute atomic E-state index is 12.3. The second-order valence-electron chi connectivity index (χ2n) is 6.91. The molecular weight excluding hydrogens is 388 g/mol. The number of hydrogen-bond acceptors (Lipinski definition) is 6. The highest BCUT2D eigenvalue weighted by molar-refractivity contribution is 8.00. The fourth-order valence-electron chi connectivity index (χ4n) is 3.08. The number of amides is 3.